The van der Waals surface area contributed by atoms with Crippen molar-refractivity contribution >= 4 is 21.8 Å². The van der Waals surface area contributed by atoms with Crippen LogP contribution >= 0.6 is 0 Å². The molecule has 2 aromatic heterocycles. The Morgan fingerprint density at radius 3 is 1.19 bits per heavy atom. The molecule has 0 aliphatic heterocycles. The summed E-state index contributed by atoms with van der Waals surface area (Å²) in [5.74, 6) is 1.42. The molecule has 0 radical (unpaired) electrons. The zero-order valence-corrected chi connectivity index (χ0v) is 22.9. The van der Waals surface area contributed by atoms with Gasteiger partial charge in [0.1, 0.15) is 0 Å². The van der Waals surface area contributed by atoms with Gasteiger partial charge in [-0.1, -0.05) is 104 Å². The Kier molecular flexibility index (Phi) is 13.4. The molecular weight excluding hydrogens is 444 g/mol. The first-order valence-corrected chi connectivity index (χ1v) is 14.8. The average Bonchev–Trinajstić information content (AvgIpc) is 2.91. The van der Waals surface area contributed by atoms with E-state index in [1.165, 1.54) is 89.9 Å². The van der Waals surface area contributed by atoms with Crippen LogP contribution in [0.15, 0.2) is 36.4 Å². The lowest BCUT2D eigenvalue weighted by atomic mass is 10.1. The van der Waals surface area contributed by atoms with Crippen LogP contribution in [0.5, 0.6) is 11.8 Å². The van der Waals surface area contributed by atoms with Gasteiger partial charge in [0.2, 0.25) is 11.8 Å². The number of rotatable bonds is 20. The van der Waals surface area contributed by atoms with E-state index in [2.05, 4.69) is 26.0 Å². The molecule has 0 spiro atoms. The molecule has 0 aliphatic carbocycles. The van der Waals surface area contributed by atoms with Gasteiger partial charge >= 0.3 is 0 Å². The predicted molar refractivity (Wildman–Crippen MR) is 153 cm³/mol. The second-order valence-electron chi connectivity index (χ2n) is 10.1. The quantitative estimate of drug-likeness (QED) is 0.116. The molecule has 2 heterocycles. The van der Waals surface area contributed by atoms with E-state index in [1.807, 2.05) is 24.3 Å². The van der Waals surface area contributed by atoms with Crippen molar-refractivity contribution in [3.63, 3.8) is 0 Å². The molecule has 0 saturated heterocycles. The smallest absolute Gasteiger partial charge is 0.213 e. The Bertz CT molecular complexity index is 1000. The maximum absolute atomic E-state index is 5.95. The van der Waals surface area contributed by atoms with Crippen molar-refractivity contribution in [2.75, 3.05) is 13.2 Å². The summed E-state index contributed by atoms with van der Waals surface area (Å²) in [6.45, 7) is 6.01. The standard InChI is InChI=1S/C32H48N2O2/c1-3-5-7-9-11-12-14-16-18-26-36-32-24-20-28-27-19-23-31(33-29(27)21-22-30(28)34-32)35-25-17-15-13-10-8-6-4-2/h19-24H,3-18,25-26H2,1-2H3. The molecule has 0 fully saturated rings. The summed E-state index contributed by atoms with van der Waals surface area (Å²) in [5, 5.41) is 2.21. The summed E-state index contributed by atoms with van der Waals surface area (Å²) >= 11 is 0. The highest BCUT2D eigenvalue weighted by atomic mass is 16.5. The number of unbranched alkanes of at least 4 members (excludes halogenated alkanes) is 14. The van der Waals surface area contributed by atoms with Gasteiger partial charge < -0.3 is 9.47 Å². The van der Waals surface area contributed by atoms with Gasteiger partial charge in [0.15, 0.2) is 0 Å². The van der Waals surface area contributed by atoms with E-state index in [0.717, 1.165) is 47.9 Å². The predicted octanol–water partition coefficient (Wildman–Crippen LogP) is 9.82. The van der Waals surface area contributed by atoms with Crippen LogP contribution in [0.25, 0.3) is 21.8 Å². The Morgan fingerprint density at radius 2 is 0.806 bits per heavy atom. The summed E-state index contributed by atoms with van der Waals surface area (Å²) in [4.78, 5) is 9.47. The molecule has 4 nitrogen and oxygen atoms in total. The highest BCUT2D eigenvalue weighted by molar-refractivity contribution is 6.04. The molecule has 0 saturated carbocycles. The molecule has 0 aliphatic rings. The molecule has 4 heteroatoms. The van der Waals surface area contributed by atoms with Crippen molar-refractivity contribution in [3.05, 3.63) is 36.4 Å². The SMILES string of the molecule is CCCCCCCCCCCOc1ccc2c(ccc3nc(OCCCCCCCCC)ccc32)n1. The van der Waals surface area contributed by atoms with Crippen molar-refractivity contribution in [2.24, 2.45) is 0 Å². The molecular formula is C32H48N2O2. The molecule has 0 atom stereocenters. The maximum Gasteiger partial charge on any atom is 0.213 e. The van der Waals surface area contributed by atoms with Gasteiger partial charge in [-0.2, -0.15) is 0 Å². The van der Waals surface area contributed by atoms with Gasteiger partial charge in [0, 0.05) is 22.9 Å². The molecule has 3 aromatic rings. The maximum atomic E-state index is 5.95. The van der Waals surface area contributed by atoms with Gasteiger partial charge in [-0.25, -0.2) is 9.97 Å². The number of fused-ring (bicyclic) bond motifs is 3. The van der Waals surface area contributed by atoms with E-state index in [1.54, 1.807) is 0 Å². The van der Waals surface area contributed by atoms with Gasteiger partial charge in [0.05, 0.1) is 24.2 Å². The third-order valence-corrected chi connectivity index (χ3v) is 6.98. The average molecular weight is 493 g/mol. The lowest BCUT2D eigenvalue weighted by molar-refractivity contribution is 0.294. The fraction of sp³-hybridized carbons (Fsp3) is 0.625. The number of nitrogens with zero attached hydrogens (tertiary/aromatic N) is 2. The second-order valence-corrected chi connectivity index (χ2v) is 10.1. The Morgan fingerprint density at radius 1 is 0.444 bits per heavy atom. The van der Waals surface area contributed by atoms with Crippen LogP contribution in [-0.2, 0) is 0 Å². The fourth-order valence-corrected chi connectivity index (χ4v) is 4.77. The molecule has 36 heavy (non-hydrogen) atoms. The number of aromatic nitrogens is 2. The van der Waals surface area contributed by atoms with E-state index in [0.29, 0.717) is 11.8 Å². The van der Waals surface area contributed by atoms with Crippen LogP contribution in [-0.4, -0.2) is 23.2 Å². The summed E-state index contributed by atoms with van der Waals surface area (Å²) in [5.41, 5.74) is 1.90. The van der Waals surface area contributed by atoms with E-state index in [-0.39, 0.29) is 0 Å². The van der Waals surface area contributed by atoms with Gasteiger partial charge in [-0.15, -0.1) is 0 Å². The van der Waals surface area contributed by atoms with E-state index >= 15 is 0 Å². The van der Waals surface area contributed by atoms with E-state index < -0.39 is 0 Å². The molecule has 198 valence electrons. The van der Waals surface area contributed by atoms with Crippen molar-refractivity contribution in [1.82, 2.24) is 9.97 Å². The Balaban J connectivity index is 1.40. The lowest BCUT2D eigenvalue weighted by Gasteiger charge is -2.09. The number of hydrogen-bond acceptors (Lipinski definition) is 4. The zero-order chi connectivity index (χ0) is 25.3. The first kappa shape index (κ1) is 28.2. The number of ether oxygens (including phenoxy) is 2. The zero-order valence-electron chi connectivity index (χ0n) is 22.9. The molecule has 1 aromatic carbocycles. The topological polar surface area (TPSA) is 44.2 Å². The number of pyridine rings is 2. The van der Waals surface area contributed by atoms with Crippen molar-refractivity contribution in [2.45, 2.75) is 117 Å². The first-order valence-electron chi connectivity index (χ1n) is 14.8. The molecule has 0 N–H and O–H groups in total. The van der Waals surface area contributed by atoms with Crippen LogP contribution < -0.4 is 9.47 Å². The van der Waals surface area contributed by atoms with Crippen molar-refractivity contribution < 1.29 is 9.47 Å². The third-order valence-electron chi connectivity index (χ3n) is 6.98. The summed E-state index contributed by atoms with van der Waals surface area (Å²) in [7, 11) is 0. The van der Waals surface area contributed by atoms with Crippen molar-refractivity contribution in [3.8, 4) is 11.8 Å². The highest BCUT2D eigenvalue weighted by Crippen LogP contribution is 2.27. The van der Waals surface area contributed by atoms with Crippen LogP contribution in [0.3, 0.4) is 0 Å². The van der Waals surface area contributed by atoms with E-state index in [9.17, 15) is 0 Å². The fourth-order valence-electron chi connectivity index (χ4n) is 4.77. The highest BCUT2D eigenvalue weighted by Gasteiger charge is 2.07. The number of benzene rings is 1. The van der Waals surface area contributed by atoms with Crippen LogP contribution in [0.4, 0.5) is 0 Å². The minimum atomic E-state index is 0.710. The Hall–Kier alpha value is -2.36. The minimum absolute atomic E-state index is 0.710. The monoisotopic (exact) mass is 492 g/mol. The van der Waals surface area contributed by atoms with Gasteiger partial charge in [-0.05, 0) is 37.1 Å². The largest absolute Gasteiger partial charge is 0.478 e. The third kappa shape index (κ3) is 9.95. The summed E-state index contributed by atoms with van der Waals surface area (Å²) in [6.07, 6.45) is 20.9. The molecule has 0 unspecified atom stereocenters. The van der Waals surface area contributed by atoms with E-state index in [4.69, 9.17) is 19.4 Å². The Labute approximate surface area is 219 Å². The second kappa shape index (κ2) is 17.2. The lowest BCUT2D eigenvalue weighted by Crippen LogP contribution is -2.00. The first-order chi connectivity index (χ1) is 17.8. The molecule has 0 amide bonds. The van der Waals surface area contributed by atoms with Gasteiger partial charge in [0.25, 0.3) is 0 Å². The molecule has 3 rings (SSSR count). The molecule has 0 bridgehead atoms. The minimum Gasteiger partial charge on any atom is -0.478 e. The number of hydrogen-bond donors (Lipinski definition) is 0. The van der Waals surface area contributed by atoms with Crippen molar-refractivity contribution in [1.29, 1.82) is 0 Å². The van der Waals surface area contributed by atoms with Crippen LogP contribution in [0, 0.1) is 0 Å². The van der Waals surface area contributed by atoms with Crippen LogP contribution in [0.1, 0.15) is 117 Å². The normalized spacial score (nSPS) is 11.4. The van der Waals surface area contributed by atoms with Gasteiger partial charge in [-0.3, -0.25) is 0 Å². The van der Waals surface area contributed by atoms with Crippen LogP contribution in [0.2, 0.25) is 0 Å². The summed E-state index contributed by atoms with van der Waals surface area (Å²) < 4.78 is 11.9. The summed E-state index contributed by atoms with van der Waals surface area (Å²) in [6, 6.07) is 12.3.